The molecule has 0 spiro atoms. The van der Waals surface area contributed by atoms with Crippen LogP contribution in [0.1, 0.15) is 38.2 Å². The summed E-state index contributed by atoms with van der Waals surface area (Å²) in [4.78, 5) is 11.0. The molecule has 1 aliphatic carbocycles. The lowest BCUT2D eigenvalue weighted by Gasteiger charge is -2.27. The molecule has 104 valence electrons. The number of benzene rings is 1. The van der Waals surface area contributed by atoms with Crippen LogP contribution in [0.5, 0.6) is 5.75 Å². The molecular weight excluding hydrogens is 247 g/mol. The standard InChI is InChI=1S/C15H19FO3/c1-2-10-6-7-14(13(16)8-10)19-12-5-3-4-11(9-12)15(17)18/h6-8,11-12H,2-5,9H2,1H3,(H,17,18)/t11-,12-/m0/s1. The van der Waals surface area contributed by atoms with E-state index in [0.29, 0.717) is 12.8 Å². The summed E-state index contributed by atoms with van der Waals surface area (Å²) in [6.07, 6.45) is 3.34. The van der Waals surface area contributed by atoms with E-state index in [1.165, 1.54) is 6.07 Å². The third-order valence-corrected chi connectivity index (χ3v) is 3.67. The van der Waals surface area contributed by atoms with Crippen molar-refractivity contribution >= 4 is 5.97 Å². The van der Waals surface area contributed by atoms with Gasteiger partial charge in [-0.05, 0) is 49.8 Å². The van der Waals surface area contributed by atoms with Crippen LogP contribution in [0.3, 0.4) is 0 Å². The van der Waals surface area contributed by atoms with Crippen LogP contribution in [0.4, 0.5) is 4.39 Å². The van der Waals surface area contributed by atoms with E-state index in [-0.39, 0.29) is 23.6 Å². The number of hydrogen-bond donors (Lipinski definition) is 1. The van der Waals surface area contributed by atoms with Crippen molar-refractivity contribution < 1.29 is 19.0 Å². The van der Waals surface area contributed by atoms with Gasteiger partial charge in [0.25, 0.3) is 0 Å². The summed E-state index contributed by atoms with van der Waals surface area (Å²) in [5.41, 5.74) is 0.928. The van der Waals surface area contributed by atoms with Crippen LogP contribution in [0.15, 0.2) is 18.2 Å². The van der Waals surface area contributed by atoms with Crippen LogP contribution in [0, 0.1) is 11.7 Å². The van der Waals surface area contributed by atoms with E-state index in [1.807, 2.05) is 13.0 Å². The number of carboxylic acids is 1. The first-order chi connectivity index (χ1) is 9.10. The Balaban J connectivity index is 2.02. The van der Waals surface area contributed by atoms with Crippen molar-refractivity contribution in [1.29, 1.82) is 0 Å². The van der Waals surface area contributed by atoms with E-state index in [2.05, 4.69) is 0 Å². The number of hydrogen-bond acceptors (Lipinski definition) is 2. The monoisotopic (exact) mass is 266 g/mol. The molecule has 1 N–H and O–H groups in total. The number of rotatable bonds is 4. The number of aryl methyl sites for hydroxylation is 1. The smallest absolute Gasteiger partial charge is 0.306 e. The third kappa shape index (κ3) is 3.46. The van der Waals surface area contributed by atoms with Crippen molar-refractivity contribution in [1.82, 2.24) is 0 Å². The molecule has 1 aliphatic rings. The average Bonchev–Trinajstić information content (AvgIpc) is 2.41. The number of ether oxygens (including phenoxy) is 1. The van der Waals surface area contributed by atoms with Gasteiger partial charge < -0.3 is 9.84 Å². The molecule has 1 fully saturated rings. The van der Waals surface area contributed by atoms with Gasteiger partial charge in [-0.3, -0.25) is 4.79 Å². The predicted octanol–water partition coefficient (Wildman–Crippen LogP) is 3.41. The molecule has 2 rings (SSSR count). The number of carboxylic acid groups (broad SMARTS) is 1. The molecule has 0 aromatic heterocycles. The number of aliphatic carboxylic acids is 1. The molecule has 1 aromatic carbocycles. The normalized spacial score (nSPS) is 23.1. The molecule has 0 radical (unpaired) electrons. The second-order valence-corrected chi connectivity index (χ2v) is 5.06. The van der Waals surface area contributed by atoms with Gasteiger partial charge in [0.05, 0.1) is 12.0 Å². The lowest BCUT2D eigenvalue weighted by atomic mass is 9.87. The number of carbonyl (C=O) groups is 1. The SMILES string of the molecule is CCc1ccc(O[C@H]2CCC[C@H](C(=O)O)C2)c(F)c1. The van der Waals surface area contributed by atoms with E-state index in [1.54, 1.807) is 6.07 Å². The van der Waals surface area contributed by atoms with Crippen LogP contribution in [-0.4, -0.2) is 17.2 Å². The van der Waals surface area contributed by atoms with Crippen molar-refractivity contribution in [3.05, 3.63) is 29.6 Å². The maximum atomic E-state index is 13.8. The van der Waals surface area contributed by atoms with E-state index in [4.69, 9.17) is 9.84 Å². The highest BCUT2D eigenvalue weighted by molar-refractivity contribution is 5.70. The fraction of sp³-hybridized carbons (Fsp3) is 0.533. The lowest BCUT2D eigenvalue weighted by molar-refractivity contribution is -0.143. The Morgan fingerprint density at radius 3 is 2.89 bits per heavy atom. The highest BCUT2D eigenvalue weighted by Gasteiger charge is 2.28. The van der Waals surface area contributed by atoms with Crippen LogP contribution in [-0.2, 0) is 11.2 Å². The van der Waals surface area contributed by atoms with Crippen molar-refractivity contribution in [2.24, 2.45) is 5.92 Å². The van der Waals surface area contributed by atoms with Crippen LogP contribution in [0.2, 0.25) is 0 Å². The molecule has 1 saturated carbocycles. The summed E-state index contributed by atoms with van der Waals surface area (Å²) in [7, 11) is 0. The van der Waals surface area contributed by atoms with Gasteiger partial charge >= 0.3 is 5.97 Å². The molecule has 19 heavy (non-hydrogen) atoms. The Morgan fingerprint density at radius 2 is 2.26 bits per heavy atom. The van der Waals surface area contributed by atoms with E-state index < -0.39 is 5.97 Å². The molecule has 1 aromatic rings. The topological polar surface area (TPSA) is 46.5 Å². The molecule has 0 heterocycles. The average molecular weight is 266 g/mol. The van der Waals surface area contributed by atoms with Gasteiger partial charge in [0.15, 0.2) is 11.6 Å². The molecule has 0 bridgehead atoms. The van der Waals surface area contributed by atoms with Crippen molar-refractivity contribution in [2.45, 2.75) is 45.1 Å². The Kier molecular flexibility index (Phi) is 4.40. The Hall–Kier alpha value is -1.58. The first-order valence-electron chi connectivity index (χ1n) is 6.78. The minimum atomic E-state index is -0.782. The largest absolute Gasteiger partial charge is 0.487 e. The van der Waals surface area contributed by atoms with Gasteiger partial charge in [-0.25, -0.2) is 4.39 Å². The van der Waals surface area contributed by atoms with Gasteiger partial charge in [0, 0.05) is 0 Å². The van der Waals surface area contributed by atoms with Crippen molar-refractivity contribution in [3.8, 4) is 5.75 Å². The zero-order valence-electron chi connectivity index (χ0n) is 11.1. The lowest BCUT2D eigenvalue weighted by Crippen LogP contribution is -2.29. The summed E-state index contributed by atoms with van der Waals surface area (Å²) in [5.74, 6) is -1.28. The summed E-state index contributed by atoms with van der Waals surface area (Å²) >= 11 is 0. The van der Waals surface area contributed by atoms with E-state index in [0.717, 1.165) is 24.8 Å². The summed E-state index contributed by atoms with van der Waals surface area (Å²) < 4.78 is 19.4. The molecule has 4 heteroatoms. The molecule has 2 atom stereocenters. The fourth-order valence-electron chi connectivity index (χ4n) is 2.52. The molecule has 0 saturated heterocycles. The summed E-state index contributed by atoms with van der Waals surface area (Å²) in [6.45, 7) is 1.97. The minimum Gasteiger partial charge on any atom is -0.487 e. The molecule has 3 nitrogen and oxygen atoms in total. The van der Waals surface area contributed by atoms with Gasteiger partial charge in [0.2, 0.25) is 0 Å². The molecular formula is C15H19FO3. The van der Waals surface area contributed by atoms with Crippen LogP contribution < -0.4 is 4.74 Å². The van der Waals surface area contributed by atoms with Crippen LogP contribution in [0.25, 0.3) is 0 Å². The summed E-state index contributed by atoms with van der Waals surface area (Å²) in [6, 6.07) is 4.96. The van der Waals surface area contributed by atoms with Gasteiger partial charge in [0.1, 0.15) is 0 Å². The second kappa shape index (κ2) is 6.04. The van der Waals surface area contributed by atoms with Gasteiger partial charge in [-0.2, -0.15) is 0 Å². The minimum absolute atomic E-state index is 0.197. The Morgan fingerprint density at radius 1 is 1.47 bits per heavy atom. The highest BCUT2D eigenvalue weighted by atomic mass is 19.1. The molecule has 0 unspecified atom stereocenters. The quantitative estimate of drug-likeness (QED) is 0.908. The first kappa shape index (κ1) is 13.8. The molecule has 0 aliphatic heterocycles. The maximum absolute atomic E-state index is 13.8. The predicted molar refractivity (Wildman–Crippen MR) is 69.8 cm³/mol. The van der Waals surface area contributed by atoms with Crippen molar-refractivity contribution in [3.63, 3.8) is 0 Å². The zero-order valence-corrected chi connectivity index (χ0v) is 11.1. The highest BCUT2D eigenvalue weighted by Crippen LogP contribution is 2.29. The summed E-state index contributed by atoms with van der Waals surface area (Å²) in [5, 5.41) is 9.02. The Bertz CT molecular complexity index is 459. The maximum Gasteiger partial charge on any atom is 0.306 e. The van der Waals surface area contributed by atoms with E-state index in [9.17, 15) is 9.18 Å². The second-order valence-electron chi connectivity index (χ2n) is 5.06. The zero-order chi connectivity index (χ0) is 13.8. The Labute approximate surface area is 112 Å². The van der Waals surface area contributed by atoms with Gasteiger partial charge in [-0.1, -0.05) is 13.0 Å². The van der Waals surface area contributed by atoms with Crippen molar-refractivity contribution in [2.75, 3.05) is 0 Å². The fourth-order valence-corrected chi connectivity index (χ4v) is 2.52. The first-order valence-corrected chi connectivity index (χ1v) is 6.78. The molecule has 0 amide bonds. The number of halogens is 1. The van der Waals surface area contributed by atoms with Gasteiger partial charge in [-0.15, -0.1) is 0 Å². The van der Waals surface area contributed by atoms with Crippen LogP contribution >= 0.6 is 0 Å². The van der Waals surface area contributed by atoms with E-state index >= 15 is 0 Å². The third-order valence-electron chi connectivity index (χ3n) is 3.67.